The van der Waals surface area contributed by atoms with Crippen molar-refractivity contribution < 1.29 is 9.53 Å². The Morgan fingerprint density at radius 2 is 2.21 bits per heavy atom. The minimum Gasteiger partial charge on any atom is -0.495 e. The molecule has 1 aromatic rings. The van der Waals surface area contributed by atoms with E-state index in [1.165, 1.54) is 5.56 Å². The van der Waals surface area contributed by atoms with Crippen LogP contribution in [0.25, 0.3) is 0 Å². The van der Waals surface area contributed by atoms with Crippen molar-refractivity contribution in [2.75, 3.05) is 19.0 Å². The first-order chi connectivity index (χ1) is 9.15. The molecule has 104 valence electrons. The Morgan fingerprint density at radius 1 is 1.47 bits per heavy atom. The van der Waals surface area contributed by atoms with Gasteiger partial charge in [-0.2, -0.15) is 0 Å². The topological polar surface area (TPSA) is 64.3 Å². The summed E-state index contributed by atoms with van der Waals surface area (Å²) in [7, 11) is 1.61. The van der Waals surface area contributed by atoms with Crippen molar-refractivity contribution in [3.63, 3.8) is 0 Å². The molecule has 0 bridgehead atoms. The molecule has 0 spiro atoms. The summed E-state index contributed by atoms with van der Waals surface area (Å²) in [4.78, 5) is 12.4. The first kappa shape index (κ1) is 13.9. The molecule has 1 fully saturated rings. The largest absolute Gasteiger partial charge is 0.495 e. The van der Waals surface area contributed by atoms with Gasteiger partial charge in [0.1, 0.15) is 5.75 Å². The summed E-state index contributed by atoms with van der Waals surface area (Å²) in [6, 6.07) is 5.88. The average molecular weight is 262 g/mol. The van der Waals surface area contributed by atoms with Gasteiger partial charge < -0.3 is 15.8 Å². The third-order valence-electron chi connectivity index (χ3n) is 4.10. The highest BCUT2D eigenvalue weighted by atomic mass is 16.5. The number of carbonyl (C=O) groups is 1. The van der Waals surface area contributed by atoms with Crippen molar-refractivity contribution in [2.45, 2.75) is 32.6 Å². The van der Waals surface area contributed by atoms with Crippen molar-refractivity contribution >= 4 is 11.6 Å². The fraction of sp³-hybridized carbons (Fsp3) is 0.533. The summed E-state index contributed by atoms with van der Waals surface area (Å²) < 4.78 is 5.30. The SMILES string of the molecule is CCc1ccc(OC)c(NC(=O)C2(CN)CCC2)c1. The predicted octanol–water partition coefficient (Wildman–Crippen LogP) is 2.33. The number of nitrogens with two attached hydrogens (primary N) is 1. The lowest BCUT2D eigenvalue weighted by molar-refractivity contribution is -0.129. The molecule has 2 rings (SSSR count). The first-order valence-electron chi connectivity index (χ1n) is 6.83. The van der Waals surface area contributed by atoms with Gasteiger partial charge in [-0.05, 0) is 37.0 Å². The summed E-state index contributed by atoms with van der Waals surface area (Å²) >= 11 is 0. The summed E-state index contributed by atoms with van der Waals surface area (Å²) in [6.45, 7) is 2.50. The number of aryl methyl sites for hydroxylation is 1. The molecule has 0 aliphatic heterocycles. The Bertz CT molecular complexity index is 462. The minimum absolute atomic E-state index is 0.0211. The zero-order valence-electron chi connectivity index (χ0n) is 11.7. The smallest absolute Gasteiger partial charge is 0.231 e. The molecule has 3 N–H and O–H groups in total. The number of hydrogen-bond donors (Lipinski definition) is 2. The van der Waals surface area contributed by atoms with Gasteiger partial charge in [-0.15, -0.1) is 0 Å². The zero-order chi connectivity index (χ0) is 13.9. The summed E-state index contributed by atoms with van der Waals surface area (Å²) in [5, 5.41) is 2.99. The van der Waals surface area contributed by atoms with Crippen molar-refractivity contribution in [3.05, 3.63) is 23.8 Å². The minimum atomic E-state index is -0.368. The van der Waals surface area contributed by atoms with E-state index in [-0.39, 0.29) is 11.3 Å². The van der Waals surface area contributed by atoms with Gasteiger partial charge in [0.05, 0.1) is 18.2 Å². The maximum absolute atomic E-state index is 12.4. The zero-order valence-corrected chi connectivity index (χ0v) is 11.7. The molecule has 4 nitrogen and oxygen atoms in total. The molecular formula is C15H22N2O2. The van der Waals surface area contributed by atoms with Crippen LogP contribution in [0.15, 0.2) is 18.2 Å². The molecule has 0 heterocycles. The lowest BCUT2D eigenvalue weighted by atomic mass is 9.68. The van der Waals surface area contributed by atoms with Crippen molar-refractivity contribution in [2.24, 2.45) is 11.1 Å². The normalized spacial score (nSPS) is 16.6. The van der Waals surface area contributed by atoms with Crippen LogP contribution in [0.3, 0.4) is 0 Å². The molecule has 1 aliphatic rings. The van der Waals surface area contributed by atoms with E-state index in [2.05, 4.69) is 12.2 Å². The van der Waals surface area contributed by atoms with E-state index in [1.807, 2.05) is 18.2 Å². The molecule has 0 saturated heterocycles. The second-order valence-electron chi connectivity index (χ2n) is 5.18. The molecule has 1 aromatic carbocycles. The monoisotopic (exact) mass is 262 g/mol. The molecule has 19 heavy (non-hydrogen) atoms. The van der Waals surface area contributed by atoms with Crippen LogP contribution in [-0.4, -0.2) is 19.6 Å². The number of amides is 1. The Labute approximate surface area is 114 Å². The summed E-state index contributed by atoms with van der Waals surface area (Å²) in [6.07, 6.45) is 3.77. The lowest BCUT2D eigenvalue weighted by Crippen LogP contribution is -2.47. The number of nitrogens with one attached hydrogen (secondary N) is 1. The Morgan fingerprint density at radius 3 is 2.68 bits per heavy atom. The van der Waals surface area contributed by atoms with Crippen LogP contribution in [0.4, 0.5) is 5.69 Å². The number of anilines is 1. The number of benzene rings is 1. The first-order valence-corrected chi connectivity index (χ1v) is 6.83. The van der Waals surface area contributed by atoms with Crippen LogP contribution < -0.4 is 15.8 Å². The number of ether oxygens (including phenoxy) is 1. The lowest BCUT2D eigenvalue weighted by Gasteiger charge is -2.39. The predicted molar refractivity (Wildman–Crippen MR) is 76.3 cm³/mol. The van der Waals surface area contributed by atoms with Gasteiger partial charge in [0.25, 0.3) is 0 Å². The number of carbonyl (C=O) groups excluding carboxylic acids is 1. The van der Waals surface area contributed by atoms with Gasteiger partial charge in [-0.1, -0.05) is 19.4 Å². The molecule has 0 atom stereocenters. The van der Waals surface area contributed by atoms with Crippen molar-refractivity contribution in [1.29, 1.82) is 0 Å². The highest BCUT2D eigenvalue weighted by molar-refractivity contribution is 5.97. The Kier molecular flexibility index (Phi) is 4.10. The van der Waals surface area contributed by atoms with Crippen LogP contribution in [0.5, 0.6) is 5.75 Å². The van der Waals surface area contributed by atoms with Crippen molar-refractivity contribution in [3.8, 4) is 5.75 Å². The van der Waals surface area contributed by atoms with Crippen LogP contribution in [0.2, 0.25) is 0 Å². The standard InChI is InChI=1S/C15H22N2O2/c1-3-11-5-6-13(19-2)12(9-11)17-14(18)15(10-16)7-4-8-15/h5-6,9H,3-4,7-8,10,16H2,1-2H3,(H,17,18). The van der Waals surface area contributed by atoms with E-state index in [1.54, 1.807) is 7.11 Å². The summed E-state index contributed by atoms with van der Waals surface area (Å²) in [5.41, 5.74) is 7.30. The highest BCUT2D eigenvalue weighted by Gasteiger charge is 2.43. The van der Waals surface area contributed by atoms with E-state index in [9.17, 15) is 4.79 Å². The maximum Gasteiger partial charge on any atom is 0.231 e. The van der Waals surface area contributed by atoms with E-state index in [4.69, 9.17) is 10.5 Å². The van der Waals surface area contributed by atoms with Crippen molar-refractivity contribution in [1.82, 2.24) is 0 Å². The molecule has 0 aromatic heterocycles. The van der Waals surface area contributed by atoms with Gasteiger partial charge in [-0.25, -0.2) is 0 Å². The van der Waals surface area contributed by atoms with Crippen LogP contribution in [0.1, 0.15) is 31.7 Å². The van der Waals surface area contributed by atoms with E-state index >= 15 is 0 Å². The van der Waals surface area contributed by atoms with Gasteiger partial charge in [0.15, 0.2) is 0 Å². The molecule has 4 heteroatoms. The Balaban J connectivity index is 2.19. The van der Waals surface area contributed by atoms with E-state index in [0.29, 0.717) is 12.3 Å². The van der Waals surface area contributed by atoms with Crippen LogP contribution in [0, 0.1) is 5.41 Å². The quantitative estimate of drug-likeness (QED) is 0.856. The van der Waals surface area contributed by atoms with E-state index < -0.39 is 0 Å². The molecule has 0 unspecified atom stereocenters. The number of rotatable bonds is 5. The third kappa shape index (κ3) is 2.59. The summed E-state index contributed by atoms with van der Waals surface area (Å²) in [5.74, 6) is 0.713. The molecule has 1 saturated carbocycles. The fourth-order valence-corrected chi connectivity index (χ4v) is 2.46. The van der Waals surface area contributed by atoms with Gasteiger partial charge in [-0.3, -0.25) is 4.79 Å². The average Bonchev–Trinajstić information content (AvgIpc) is 2.38. The number of hydrogen-bond acceptors (Lipinski definition) is 3. The van der Waals surface area contributed by atoms with Gasteiger partial charge >= 0.3 is 0 Å². The van der Waals surface area contributed by atoms with Crippen LogP contribution >= 0.6 is 0 Å². The van der Waals surface area contributed by atoms with E-state index in [0.717, 1.165) is 31.4 Å². The highest BCUT2D eigenvalue weighted by Crippen LogP contribution is 2.41. The maximum atomic E-state index is 12.4. The van der Waals surface area contributed by atoms with Crippen LogP contribution in [-0.2, 0) is 11.2 Å². The molecule has 1 amide bonds. The van der Waals surface area contributed by atoms with Gasteiger partial charge in [0, 0.05) is 6.54 Å². The third-order valence-corrected chi connectivity index (χ3v) is 4.10. The second kappa shape index (κ2) is 5.61. The fourth-order valence-electron chi connectivity index (χ4n) is 2.46. The molecule has 1 aliphatic carbocycles. The molecular weight excluding hydrogens is 240 g/mol. The molecule has 0 radical (unpaired) electrons. The number of methoxy groups -OCH3 is 1. The second-order valence-corrected chi connectivity index (χ2v) is 5.18. The van der Waals surface area contributed by atoms with Gasteiger partial charge in [0.2, 0.25) is 5.91 Å². The Hall–Kier alpha value is -1.55.